The van der Waals surface area contributed by atoms with Gasteiger partial charge in [0, 0.05) is 16.5 Å². The van der Waals surface area contributed by atoms with E-state index >= 15 is 0 Å². The molecular weight excluding hydrogens is 320 g/mol. The van der Waals surface area contributed by atoms with Crippen molar-refractivity contribution in [3.05, 3.63) is 64.5 Å². The van der Waals surface area contributed by atoms with Gasteiger partial charge in [-0.1, -0.05) is 42.5 Å². The van der Waals surface area contributed by atoms with Crippen molar-refractivity contribution in [3.8, 4) is 28.8 Å². The normalized spacial score (nSPS) is 12.9. The highest BCUT2D eigenvalue weighted by Crippen LogP contribution is 2.37. The Morgan fingerprint density at radius 1 is 1.12 bits per heavy atom. The van der Waals surface area contributed by atoms with Gasteiger partial charge in [-0.15, -0.1) is 11.3 Å². The quantitative estimate of drug-likeness (QED) is 0.658. The molecule has 0 amide bonds. The average molecular weight is 332 g/mol. The number of fused-ring (bicyclic) bond motifs is 1. The van der Waals surface area contributed by atoms with Crippen LogP contribution in [0.3, 0.4) is 0 Å². The molecule has 2 aromatic carbocycles. The number of para-hydroxylation sites is 1. The van der Waals surface area contributed by atoms with E-state index in [0.717, 1.165) is 16.8 Å². The Morgan fingerprint density at radius 2 is 2.00 bits per heavy atom. The van der Waals surface area contributed by atoms with E-state index in [0.29, 0.717) is 22.1 Å². The zero-order chi connectivity index (χ0) is 16.4. The average Bonchev–Trinajstić information content (AvgIpc) is 3.30. The third-order valence-electron chi connectivity index (χ3n) is 3.65. The zero-order valence-electron chi connectivity index (χ0n) is 12.6. The number of nitrogens with zero attached hydrogens (tertiary/aromatic N) is 2. The maximum Gasteiger partial charge on any atom is 0.231 e. The van der Waals surface area contributed by atoms with Gasteiger partial charge in [0.15, 0.2) is 11.5 Å². The van der Waals surface area contributed by atoms with Crippen LogP contribution in [0, 0.1) is 11.3 Å². The highest BCUT2D eigenvalue weighted by molar-refractivity contribution is 7.11. The molecule has 0 radical (unpaired) electrons. The van der Waals surface area contributed by atoms with Gasteiger partial charge in [0.1, 0.15) is 11.1 Å². The predicted molar refractivity (Wildman–Crippen MR) is 93.6 cm³/mol. The molecule has 0 atom stereocenters. The van der Waals surface area contributed by atoms with E-state index in [9.17, 15) is 5.26 Å². The van der Waals surface area contributed by atoms with Crippen molar-refractivity contribution in [1.29, 1.82) is 5.26 Å². The lowest BCUT2D eigenvalue weighted by Gasteiger charge is -2.01. The van der Waals surface area contributed by atoms with Gasteiger partial charge >= 0.3 is 0 Å². The molecule has 2 heterocycles. The summed E-state index contributed by atoms with van der Waals surface area (Å²) in [6.07, 6.45) is 1.79. The second-order valence-corrected chi connectivity index (χ2v) is 6.01. The number of nitriles is 1. The summed E-state index contributed by atoms with van der Waals surface area (Å²) in [6.45, 7) is 0.206. The fraction of sp³-hybridized carbons (Fsp3) is 0.0526. The van der Waals surface area contributed by atoms with Crippen molar-refractivity contribution < 1.29 is 9.47 Å². The first kappa shape index (κ1) is 14.5. The highest BCUT2D eigenvalue weighted by Gasteiger charge is 2.17. The molecule has 116 valence electrons. The molecule has 0 bridgehead atoms. The van der Waals surface area contributed by atoms with Crippen LogP contribution in [0.4, 0.5) is 0 Å². The van der Waals surface area contributed by atoms with E-state index in [1.165, 1.54) is 11.3 Å². The first-order valence-electron chi connectivity index (χ1n) is 7.37. The molecule has 0 N–H and O–H groups in total. The number of allylic oxidation sites excluding steroid dienone is 1. The summed E-state index contributed by atoms with van der Waals surface area (Å²) >= 11 is 1.46. The van der Waals surface area contributed by atoms with Crippen molar-refractivity contribution >= 4 is 23.0 Å². The van der Waals surface area contributed by atoms with Crippen LogP contribution in [0.1, 0.15) is 10.6 Å². The molecule has 5 heteroatoms. The number of thiazole rings is 1. The van der Waals surface area contributed by atoms with E-state index in [1.54, 1.807) is 6.08 Å². The van der Waals surface area contributed by atoms with E-state index < -0.39 is 0 Å². The third-order valence-corrected chi connectivity index (χ3v) is 4.53. The Balaban J connectivity index is 1.72. The summed E-state index contributed by atoms with van der Waals surface area (Å²) < 4.78 is 10.9. The maximum atomic E-state index is 9.55. The lowest BCUT2D eigenvalue weighted by atomic mass is 10.1. The van der Waals surface area contributed by atoms with Crippen molar-refractivity contribution in [2.45, 2.75) is 0 Å². The van der Waals surface area contributed by atoms with Crippen LogP contribution in [0.5, 0.6) is 11.5 Å². The van der Waals surface area contributed by atoms with Gasteiger partial charge in [-0.25, -0.2) is 4.98 Å². The summed E-state index contributed by atoms with van der Waals surface area (Å²) in [5.74, 6) is 1.37. The van der Waals surface area contributed by atoms with Crippen LogP contribution in [-0.2, 0) is 0 Å². The number of benzene rings is 2. The zero-order valence-corrected chi connectivity index (χ0v) is 13.4. The Labute approximate surface area is 143 Å². The van der Waals surface area contributed by atoms with E-state index in [-0.39, 0.29) is 6.79 Å². The lowest BCUT2D eigenvalue weighted by molar-refractivity contribution is 0.174. The minimum atomic E-state index is 0.206. The van der Waals surface area contributed by atoms with E-state index in [4.69, 9.17) is 9.47 Å². The molecule has 1 aliphatic rings. The Hall–Kier alpha value is -3.10. The van der Waals surface area contributed by atoms with Crippen molar-refractivity contribution in [1.82, 2.24) is 4.98 Å². The van der Waals surface area contributed by atoms with Crippen LogP contribution in [-0.4, -0.2) is 11.8 Å². The molecule has 3 aromatic rings. The van der Waals surface area contributed by atoms with Gasteiger partial charge in [-0.3, -0.25) is 0 Å². The van der Waals surface area contributed by atoms with Crippen molar-refractivity contribution in [2.75, 3.05) is 6.79 Å². The van der Waals surface area contributed by atoms with Crippen LogP contribution in [0.15, 0.2) is 53.9 Å². The molecule has 24 heavy (non-hydrogen) atoms. The number of hydrogen-bond donors (Lipinski definition) is 0. The van der Waals surface area contributed by atoms with Crippen molar-refractivity contribution in [3.63, 3.8) is 0 Å². The Morgan fingerprint density at radius 3 is 2.83 bits per heavy atom. The molecule has 0 unspecified atom stereocenters. The number of aromatic nitrogens is 1. The van der Waals surface area contributed by atoms with Gasteiger partial charge in [0.25, 0.3) is 0 Å². The molecule has 0 saturated heterocycles. The van der Waals surface area contributed by atoms with Gasteiger partial charge in [-0.05, 0) is 12.1 Å². The summed E-state index contributed by atoms with van der Waals surface area (Å²) in [4.78, 5) is 4.60. The third kappa shape index (κ3) is 2.64. The van der Waals surface area contributed by atoms with Gasteiger partial charge < -0.3 is 9.47 Å². The number of rotatable bonds is 3. The first-order valence-corrected chi connectivity index (χ1v) is 8.25. The lowest BCUT2D eigenvalue weighted by Crippen LogP contribution is -1.93. The minimum Gasteiger partial charge on any atom is -0.454 e. The second kappa shape index (κ2) is 6.19. The summed E-state index contributed by atoms with van der Waals surface area (Å²) in [5.41, 5.74) is 3.23. The SMILES string of the molecule is N#C/C(=C\c1cccc2c1OCO2)c1nc(-c2ccccc2)cs1. The monoisotopic (exact) mass is 332 g/mol. The molecule has 0 spiro atoms. The minimum absolute atomic E-state index is 0.206. The van der Waals surface area contributed by atoms with E-state index in [1.807, 2.05) is 53.9 Å². The fourth-order valence-electron chi connectivity index (χ4n) is 2.50. The van der Waals surface area contributed by atoms with Crippen LogP contribution in [0.25, 0.3) is 22.9 Å². The summed E-state index contributed by atoms with van der Waals surface area (Å²) in [6, 6.07) is 17.8. The topological polar surface area (TPSA) is 55.1 Å². The Bertz CT molecular complexity index is 955. The molecule has 0 fully saturated rings. The summed E-state index contributed by atoms with van der Waals surface area (Å²) in [5, 5.41) is 12.2. The summed E-state index contributed by atoms with van der Waals surface area (Å²) in [7, 11) is 0. The predicted octanol–water partition coefficient (Wildman–Crippen LogP) is 4.60. The molecule has 1 aliphatic heterocycles. The smallest absolute Gasteiger partial charge is 0.231 e. The fourth-order valence-corrected chi connectivity index (χ4v) is 3.30. The standard InChI is InChI=1S/C19H12N2O2S/c20-10-15(9-14-7-4-8-17-18(14)23-12-22-17)19-21-16(11-24-19)13-5-2-1-3-6-13/h1-9,11H,12H2/b15-9+. The number of hydrogen-bond acceptors (Lipinski definition) is 5. The Kier molecular flexibility index (Phi) is 3.73. The first-order chi connectivity index (χ1) is 11.8. The largest absolute Gasteiger partial charge is 0.454 e. The molecule has 1 aromatic heterocycles. The molecule has 0 aliphatic carbocycles. The van der Waals surface area contributed by atoms with E-state index in [2.05, 4.69) is 11.1 Å². The van der Waals surface area contributed by atoms with Crippen LogP contribution >= 0.6 is 11.3 Å². The van der Waals surface area contributed by atoms with Crippen LogP contribution in [0.2, 0.25) is 0 Å². The van der Waals surface area contributed by atoms with Crippen LogP contribution < -0.4 is 9.47 Å². The van der Waals surface area contributed by atoms with Gasteiger partial charge in [0.05, 0.1) is 11.3 Å². The second-order valence-electron chi connectivity index (χ2n) is 5.15. The molecular formula is C19H12N2O2S. The maximum absolute atomic E-state index is 9.55. The number of ether oxygens (including phenoxy) is 2. The molecule has 4 nitrogen and oxygen atoms in total. The van der Waals surface area contributed by atoms with Crippen molar-refractivity contribution in [2.24, 2.45) is 0 Å². The van der Waals surface area contributed by atoms with Gasteiger partial charge in [-0.2, -0.15) is 5.26 Å². The van der Waals surface area contributed by atoms with Gasteiger partial charge in [0.2, 0.25) is 6.79 Å². The highest BCUT2D eigenvalue weighted by atomic mass is 32.1. The molecule has 4 rings (SSSR count). The molecule has 0 saturated carbocycles.